The van der Waals surface area contributed by atoms with E-state index in [0.717, 1.165) is 6.42 Å². The quantitative estimate of drug-likeness (QED) is 0.570. The molecule has 0 aromatic carbocycles. The maximum absolute atomic E-state index is 11.0. The van der Waals surface area contributed by atoms with E-state index in [1.165, 1.54) is 0 Å². The minimum Gasteiger partial charge on any atom is -0.478 e. The summed E-state index contributed by atoms with van der Waals surface area (Å²) in [6, 6.07) is 0. The number of carbonyl (C=O) groups is 2. The van der Waals surface area contributed by atoms with Crippen molar-refractivity contribution < 1.29 is 19.4 Å². The van der Waals surface area contributed by atoms with Crippen molar-refractivity contribution in [2.45, 2.75) is 47.5 Å². The van der Waals surface area contributed by atoms with Gasteiger partial charge in [-0.3, -0.25) is 0 Å². The third-order valence-corrected chi connectivity index (χ3v) is 2.18. The molecule has 0 heterocycles. The maximum Gasteiger partial charge on any atom is 0.333 e. The summed E-state index contributed by atoms with van der Waals surface area (Å²) in [5, 5.41) is 8.33. The van der Waals surface area contributed by atoms with Gasteiger partial charge < -0.3 is 9.84 Å². The molecule has 20 heavy (non-hydrogen) atoms. The monoisotopic (exact) mass is 284 g/mol. The second-order valence-electron chi connectivity index (χ2n) is 5.43. The minimum absolute atomic E-state index is 0.263. The van der Waals surface area contributed by atoms with Crippen LogP contribution in [0.2, 0.25) is 0 Å². The summed E-state index contributed by atoms with van der Waals surface area (Å²) in [5.74, 6) is -0.301. The van der Waals surface area contributed by atoms with Crippen molar-refractivity contribution in [2.75, 3.05) is 6.61 Å². The molecule has 0 amide bonds. The fourth-order valence-electron chi connectivity index (χ4n) is 1.39. The summed E-state index contributed by atoms with van der Waals surface area (Å²) < 4.78 is 4.77. The summed E-state index contributed by atoms with van der Waals surface area (Å²) in [6.45, 7) is 17.3. The van der Waals surface area contributed by atoms with Crippen LogP contribution in [-0.2, 0) is 14.3 Å². The summed E-state index contributed by atoms with van der Waals surface area (Å²) in [6.07, 6.45) is 1.30. The molecule has 0 rings (SSSR count). The predicted molar refractivity (Wildman–Crippen MR) is 81.5 cm³/mol. The van der Waals surface area contributed by atoms with Crippen LogP contribution in [0.1, 0.15) is 47.5 Å². The molecule has 0 aliphatic heterocycles. The van der Waals surface area contributed by atoms with E-state index in [1.54, 1.807) is 6.92 Å². The van der Waals surface area contributed by atoms with E-state index in [0.29, 0.717) is 36.0 Å². The van der Waals surface area contributed by atoms with Gasteiger partial charge in [0.2, 0.25) is 0 Å². The Morgan fingerprint density at radius 1 is 1.00 bits per heavy atom. The summed E-state index contributed by atoms with van der Waals surface area (Å²) in [7, 11) is 0. The molecule has 0 atom stereocenters. The molecule has 0 bridgehead atoms. The maximum atomic E-state index is 11.0. The fourth-order valence-corrected chi connectivity index (χ4v) is 1.39. The Morgan fingerprint density at radius 2 is 1.40 bits per heavy atom. The second-order valence-corrected chi connectivity index (χ2v) is 5.43. The molecule has 0 unspecified atom stereocenters. The number of carboxylic acids is 1. The van der Waals surface area contributed by atoms with E-state index in [1.807, 2.05) is 27.7 Å². The van der Waals surface area contributed by atoms with Gasteiger partial charge in [0.1, 0.15) is 0 Å². The van der Waals surface area contributed by atoms with Crippen LogP contribution in [0.3, 0.4) is 0 Å². The lowest BCUT2D eigenvalue weighted by molar-refractivity contribution is -0.138. The van der Waals surface area contributed by atoms with Gasteiger partial charge in [-0.05, 0) is 31.6 Å². The zero-order valence-electron chi connectivity index (χ0n) is 13.4. The van der Waals surface area contributed by atoms with Gasteiger partial charge in [0.05, 0.1) is 6.61 Å². The molecule has 116 valence electrons. The third kappa shape index (κ3) is 12.9. The topological polar surface area (TPSA) is 63.6 Å². The first-order valence-electron chi connectivity index (χ1n) is 6.87. The van der Waals surface area contributed by atoms with Gasteiger partial charge in [0, 0.05) is 11.1 Å². The molecule has 0 aliphatic carbocycles. The van der Waals surface area contributed by atoms with Crippen LogP contribution in [0.15, 0.2) is 24.3 Å². The summed E-state index contributed by atoms with van der Waals surface area (Å²) >= 11 is 0. The SMILES string of the molecule is C=C(CC(C)C)C(=O)O.C=C(CC(C)C)C(=O)OCC. The van der Waals surface area contributed by atoms with Crippen LogP contribution >= 0.6 is 0 Å². The molecule has 0 fully saturated rings. The number of carbonyl (C=O) groups excluding carboxylic acids is 1. The van der Waals surface area contributed by atoms with Crippen LogP contribution in [0.5, 0.6) is 0 Å². The van der Waals surface area contributed by atoms with E-state index >= 15 is 0 Å². The number of aliphatic carboxylic acids is 1. The average molecular weight is 284 g/mol. The van der Waals surface area contributed by atoms with E-state index in [-0.39, 0.29) is 5.97 Å². The molecule has 0 spiro atoms. The lowest BCUT2D eigenvalue weighted by Crippen LogP contribution is -2.08. The van der Waals surface area contributed by atoms with Gasteiger partial charge in [0.25, 0.3) is 0 Å². The van der Waals surface area contributed by atoms with Crippen molar-refractivity contribution in [3.8, 4) is 0 Å². The van der Waals surface area contributed by atoms with Crippen LogP contribution in [0.4, 0.5) is 0 Å². The Bertz CT molecular complexity index is 340. The van der Waals surface area contributed by atoms with Gasteiger partial charge in [0.15, 0.2) is 0 Å². The smallest absolute Gasteiger partial charge is 0.333 e. The largest absolute Gasteiger partial charge is 0.478 e. The molecular formula is C16H28O4. The van der Waals surface area contributed by atoms with Gasteiger partial charge in [-0.15, -0.1) is 0 Å². The molecule has 4 heteroatoms. The zero-order valence-corrected chi connectivity index (χ0v) is 13.4. The highest BCUT2D eigenvalue weighted by Gasteiger charge is 2.08. The molecular weight excluding hydrogens is 256 g/mol. The Labute approximate surface area is 122 Å². The number of rotatable bonds is 7. The lowest BCUT2D eigenvalue weighted by atomic mass is 10.1. The molecule has 0 saturated heterocycles. The van der Waals surface area contributed by atoms with E-state index < -0.39 is 5.97 Å². The molecule has 1 N–H and O–H groups in total. The molecule has 4 nitrogen and oxygen atoms in total. The van der Waals surface area contributed by atoms with Crippen molar-refractivity contribution in [1.29, 1.82) is 0 Å². The highest BCUT2D eigenvalue weighted by atomic mass is 16.5. The Hall–Kier alpha value is -1.58. The van der Waals surface area contributed by atoms with Gasteiger partial charge in [-0.2, -0.15) is 0 Å². The average Bonchev–Trinajstić information content (AvgIpc) is 2.28. The molecule has 0 radical (unpaired) electrons. The third-order valence-electron chi connectivity index (χ3n) is 2.18. The molecule has 0 aliphatic rings. The van der Waals surface area contributed by atoms with Crippen molar-refractivity contribution in [2.24, 2.45) is 11.8 Å². The van der Waals surface area contributed by atoms with Crippen LogP contribution in [0, 0.1) is 11.8 Å². The standard InChI is InChI=1S/C9H16O2.C7H12O2/c1-5-11-9(10)8(4)6-7(2)3;1-5(2)4-6(3)7(8)9/h7H,4-6H2,1-3H3;5H,3-4H2,1-2H3,(H,8,9). The molecule has 0 aromatic rings. The van der Waals surface area contributed by atoms with Gasteiger partial charge >= 0.3 is 11.9 Å². The van der Waals surface area contributed by atoms with Gasteiger partial charge in [-0.25, -0.2) is 9.59 Å². The normalized spacial score (nSPS) is 9.75. The van der Waals surface area contributed by atoms with E-state index in [9.17, 15) is 9.59 Å². The number of carboxylic acid groups (broad SMARTS) is 1. The number of ether oxygens (including phenoxy) is 1. The predicted octanol–water partition coefficient (Wildman–Crippen LogP) is 3.83. The van der Waals surface area contributed by atoms with E-state index in [4.69, 9.17) is 9.84 Å². The number of hydrogen-bond donors (Lipinski definition) is 1. The number of esters is 1. The first-order chi connectivity index (χ1) is 9.11. The summed E-state index contributed by atoms with van der Waals surface area (Å²) in [5.41, 5.74) is 0.867. The second kappa shape index (κ2) is 11.3. The van der Waals surface area contributed by atoms with E-state index in [2.05, 4.69) is 13.2 Å². The lowest BCUT2D eigenvalue weighted by Gasteiger charge is -2.06. The minimum atomic E-state index is -0.885. The molecule has 0 aromatic heterocycles. The first kappa shape index (κ1) is 20.7. The van der Waals surface area contributed by atoms with Crippen LogP contribution in [0.25, 0.3) is 0 Å². The van der Waals surface area contributed by atoms with Crippen molar-refractivity contribution in [1.82, 2.24) is 0 Å². The van der Waals surface area contributed by atoms with Gasteiger partial charge in [-0.1, -0.05) is 40.9 Å². The Morgan fingerprint density at radius 3 is 1.65 bits per heavy atom. The zero-order chi connectivity index (χ0) is 16.3. The summed E-state index contributed by atoms with van der Waals surface area (Å²) in [4.78, 5) is 21.1. The number of hydrogen-bond acceptors (Lipinski definition) is 3. The highest BCUT2D eigenvalue weighted by molar-refractivity contribution is 5.87. The van der Waals surface area contributed by atoms with Crippen molar-refractivity contribution >= 4 is 11.9 Å². The molecule has 0 saturated carbocycles. The van der Waals surface area contributed by atoms with Crippen LogP contribution < -0.4 is 0 Å². The van der Waals surface area contributed by atoms with Crippen molar-refractivity contribution in [3.63, 3.8) is 0 Å². The highest BCUT2D eigenvalue weighted by Crippen LogP contribution is 2.09. The van der Waals surface area contributed by atoms with Crippen LogP contribution in [-0.4, -0.2) is 23.7 Å². The Kier molecular flexibility index (Phi) is 11.7. The first-order valence-corrected chi connectivity index (χ1v) is 6.87. The fraction of sp³-hybridized carbons (Fsp3) is 0.625. The van der Waals surface area contributed by atoms with Crippen molar-refractivity contribution in [3.05, 3.63) is 24.3 Å². The Balaban J connectivity index is 0.